The van der Waals surface area contributed by atoms with Gasteiger partial charge in [0.15, 0.2) is 0 Å². The summed E-state index contributed by atoms with van der Waals surface area (Å²) in [6.07, 6.45) is 17.0. The standard InChI is InChI=1S/C20H23BrO/c1-20(13-3-2-4-14-20)22-15-16-5-7-17(8-6-16)18-9-11-19(21)12-10-18/h5-12,15,17H,2-4,13-14H2,1H3. The van der Waals surface area contributed by atoms with Gasteiger partial charge < -0.3 is 4.74 Å². The maximum atomic E-state index is 6.10. The van der Waals surface area contributed by atoms with E-state index >= 15 is 0 Å². The molecule has 0 saturated heterocycles. The maximum absolute atomic E-state index is 6.10. The summed E-state index contributed by atoms with van der Waals surface area (Å²) in [7, 11) is 0. The average molecular weight is 359 g/mol. The summed E-state index contributed by atoms with van der Waals surface area (Å²) in [4.78, 5) is 0. The number of hydrogen-bond acceptors (Lipinski definition) is 1. The Balaban J connectivity index is 1.62. The van der Waals surface area contributed by atoms with E-state index in [4.69, 9.17) is 4.74 Å². The van der Waals surface area contributed by atoms with E-state index in [1.54, 1.807) is 0 Å². The predicted octanol–water partition coefficient (Wildman–Crippen LogP) is 6.28. The Labute approximate surface area is 141 Å². The molecule has 2 heteroatoms. The lowest BCUT2D eigenvalue weighted by Gasteiger charge is -2.33. The van der Waals surface area contributed by atoms with Gasteiger partial charge in [0.05, 0.1) is 6.26 Å². The van der Waals surface area contributed by atoms with Crippen LogP contribution in [-0.4, -0.2) is 5.60 Å². The summed E-state index contributed by atoms with van der Waals surface area (Å²) >= 11 is 3.48. The van der Waals surface area contributed by atoms with Gasteiger partial charge in [0.1, 0.15) is 5.60 Å². The highest BCUT2D eigenvalue weighted by atomic mass is 79.9. The number of hydrogen-bond donors (Lipinski definition) is 0. The maximum Gasteiger partial charge on any atom is 0.105 e. The minimum Gasteiger partial charge on any atom is -0.495 e. The Hall–Kier alpha value is -1.28. The first-order valence-corrected chi connectivity index (χ1v) is 8.94. The highest BCUT2D eigenvalue weighted by Crippen LogP contribution is 2.32. The summed E-state index contributed by atoms with van der Waals surface area (Å²) in [6.45, 7) is 2.24. The molecule has 0 bridgehead atoms. The van der Waals surface area contributed by atoms with E-state index in [1.165, 1.54) is 37.7 Å². The third-order valence-electron chi connectivity index (χ3n) is 4.64. The molecule has 1 aromatic carbocycles. The van der Waals surface area contributed by atoms with Crippen molar-refractivity contribution < 1.29 is 4.74 Å². The van der Waals surface area contributed by atoms with Crippen molar-refractivity contribution in [3.8, 4) is 0 Å². The van der Waals surface area contributed by atoms with E-state index in [9.17, 15) is 0 Å². The van der Waals surface area contributed by atoms with Gasteiger partial charge in [0, 0.05) is 16.0 Å². The molecule has 0 heterocycles. The van der Waals surface area contributed by atoms with Crippen molar-refractivity contribution in [2.24, 2.45) is 0 Å². The third kappa shape index (κ3) is 3.92. The van der Waals surface area contributed by atoms with Gasteiger partial charge in [0.25, 0.3) is 0 Å². The molecule has 1 fully saturated rings. The molecule has 1 saturated carbocycles. The Bertz CT molecular complexity index is 573. The topological polar surface area (TPSA) is 9.23 Å². The van der Waals surface area contributed by atoms with Crippen LogP contribution < -0.4 is 0 Å². The van der Waals surface area contributed by atoms with Crippen LogP contribution in [-0.2, 0) is 4.74 Å². The van der Waals surface area contributed by atoms with Gasteiger partial charge in [-0.1, -0.05) is 58.8 Å². The van der Waals surface area contributed by atoms with E-state index in [1.807, 2.05) is 6.26 Å². The van der Waals surface area contributed by atoms with Crippen LogP contribution in [0.3, 0.4) is 0 Å². The van der Waals surface area contributed by atoms with Gasteiger partial charge in [-0.15, -0.1) is 0 Å². The Morgan fingerprint density at radius 1 is 1.05 bits per heavy atom. The Kier molecular flexibility index (Phi) is 4.87. The molecule has 0 atom stereocenters. The summed E-state index contributed by atoms with van der Waals surface area (Å²) in [5.41, 5.74) is 2.50. The zero-order valence-electron chi connectivity index (χ0n) is 13.1. The normalized spacial score (nSPS) is 23.4. The summed E-state index contributed by atoms with van der Waals surface area (Å²) in [6, 6.07) is 8.51. The molecule has 0 unspecified atom stereocenters. The molecule has 2 aliphatic carbocycles. The lowest BCUT2D eigenvalue weighted by molar-refractivity contribution is 0.00527. The molecule has 1 aromatic rings. The van der Waals surface area contributed by atoms with Crippen LogP contribution >= 0.6 is 15.9 Å². The van der Waals surface area contributed by atoms with Gasteiger partial charge in [-0.05, 0) is 50.3 Å². The van der Waals surface area contributed by atoms with E-state index in [2.05, 4.69) is 71.4 Å². The summed E-state index contributed by atoms with van der Waals surface area (Å²) in [5, 5.41) is 0. The van der Waals surface area contributed by atoms with Crippen LogP contribution in [0.2, 0.25) is 0 Å². The molecule has 0 amide bonds. The molecule has 3 rings (SSSR count). The highest BCUT2D eigenvalue weighted by molar-refractivity contribution is 9.10. The molecule has 0 N–H and O–H groups in total. The first-order chi connectivity index (χ1) is 10.6. The zero-order chi connectivity index (χ0) is 15.4. The van der Waals surface area contributed by atoms with Gasteiger partial charge in [-0.2, -0.15) is 0 Å². The minimum atomic E-state index is 0.0372. The lowest BCUT2D eigenvalue weighted by Crippen LogP contribution is -2.29. The van der Waals surface area contributed by atoms with Crippen LogP contribution in [0.25, 0.3) is 0 Å². The second-order valence-electron chi connectivity index (χ2n) is 6.54. The van der Waals surface area contributed by atoms with Crippen molar-refractivity contribution in [3.05, 3.63) is 70.4 Å². The van der Waals surface area contributed by atoms with E-state index in [0.717, 1.165) is 10.0 Å². The quantitative estimate of drug-likeness (QED) is 0.577. The molecule has 116 valence electrons. The number of halogens is 1. The van der Waals surface area contributed by atoms with Crippen molar-refractivity contribution in [2.75, 3.05) is 0 Å². The predicted molar refractivity (Wildman–Crippen MR) is 95.8 cm³/mol. The molecule has 0 aliphatic heterocycles. The highest BCUT2D eigenvalue weighted by Gasteiger charge is 2.27. The lowest BCUT2D eigenvalue weighted by atomic mass is 9.86. The first-order valence-electron chi connectivity index (χ1n) is 8.15. The fourth-order valence-electron chi connectivity index (χ4n) is 3.16. The second kappa shape index (κ2) is 6.87. The van der Waals surface area contributed by atoms with Crippen molar-refractivity contribution in [3.63, 3.8) is 0 Å². The number of benzene rings is 1. The van der Waals surface area contributed by atoms with E-state index < -0.39 is 0 Å². The van der Waals surface area contributed by atoms with Crippen LogP contribution in [0.15, 0.2) is 64.9 Å². The van der Waals surface area contributed by atoms with Crippen LogP contribution in [0.4, 0.5) is 0 Å². The third-order valence-corrected chi connectivity index (χ3v) is 5.17. The van der Waals surface area contributed by atoms with E-state index in [-0.39, 0.29) is 5.60 Å². The molecule has 0 radical (unpaired) electrons. The largest absolute Gasteiger partial charge is 0.495 e. The van der Waals surface area contributed by atoms with Crippen molar-refractivity contribution in [1.29, 1.82) is 0 Å². The fourth-order valence-corrected chi connectivity index (χ4v) is 3.43. The molecule has 22 heavy (non-hydrogen) atoms. The molecule has 1 nitrogen and oxygen atoms in total. The van der Waals surface area contributed by atoms with Gasteiger partial charge in [-0.3, -0.25) is 0 Å². The SMILES string of the molecule is CC1(OC=C2C=CC(c3ccc(Br)cc3)C=C2)CCCCC1. The van der Waals surface area contributed by atoms with Gasteiger partial charge >= 0.3 is 0 Å². The number of ether oxygens (including phenoxy) is 1. The summed E-state index contributed by atoms with van der Waals surface area (Å²) < 4.78 is 7.22. The van der Waals surface area contributed by atoms with Gasteiger partial charge in [-0.25, -0.2) is 0 Å². The molecular weight excluding hydrogens is 336 g/mol. The average Bonchev–Trinajstić information content (AvgIpc) is 2.55. The van der Waals surface area contributed by atoms with Crippen molar-refractivity contribution in [2.45, 2.75) is 50.5 Å². The molecule has 0 spiro atoms. The monoisotopic (exact) mass is 358 g/mol. The molecule has 0 aromatic heterocycles. The summed E-state index contributed by atoms with van der Waals surface area (Å²) in [5.74, 6) is 0.357. The second-order valence-corrected chi connectivity index (χ2v) is 7.46. The number of allylic oxidation sites excluding steroid dienone is 5. The first kappa shape index (κ1) is 15.6. The fraction of sp³-hybridized carbons (Fsp3) is 0.400. The van der Waals surface area contributed by atoms with E-state index in [0.29, 0.717) is 5.92 Å². The Morgan fingerprint density at radius 2 is 1.68 bits per heavy atom. The molecule has 2 aliphatic rings. The zero-order valence-corrected chi connectivity index (χ0v) is 14.7. The van der Waals surface area contributed by atoms with Crippen molar-refractivity contribution >= 4 is 15.9 Å². The van der Waals surface area contributed by atoms with Crippen LogP contribution in [0.5, 0.6) is 0 Å². The number of rotatable bonds is 3. The Morgan fingerprint density at radius 3 is 2.32 bits per heavy atom. The van der Waals surface area contributed by atoms with Crippen LogP contribution in [0, 0.1) is 0 Å². The molecular formula is C20H23BrO. The van der Waals surface area contributed by atoms with Gasteiger partial charge in [0.2, 0.25) is 0 Å². The minimum absolute atomic E-state index is 0.0372. The smallest absolute Gasteiger partial charge is 0.105 e. The van der Waals surface area contributed by atoms with Crippen LogP contribution in [0.1, 0.15) is 50.5 Å². The van der Waals surface area contributed by atoms with Crippen molar-refractivity contribution in [1.82, 2.24) is 0 Å².